The van der Waals surface area contributed by atoms with Gasteiger partial charge in [-0.05, 0) is 46.6 Å². The summed E-state index contributed by atoms with van der Waals surface area (Å²) in [6, 6.07) is 2.14. The van der Waals surface area contributed by atoms with E-state index in [-0.39, 0.29) is 0 Å². The summed E-state index contributed by atoms with van der Waals surface area (Å²) in [5.41, 5.74) is 2.32. The number of aromatic nitrogens is 3. The number of nitrogens with zero attached hydrogens (tertiary/aromatic N) is 3. The van der Waals surface area contributed by atoms with E-state index in [0.717, 1.165) is 28.9 Å². The maximum atomic E-state index is 4.45. The molecule has 0 unspecified atom stereocenters. The molecule has 0 fully saturated rings. The van der Waals surface area contributed by atoms with Gasteiger partial charge in [-0.3, -0.25) is 0 Å². The predicted molar refractivity (Wildman–Crippen MR) is 71.2 cm³/mol. The van der Waals surface area contributed by atoms with Gasteiger partial charge in [0.05, 0.1) is 10.7 Å². The topological polar surface area (TPSA) is 42.7 Å². The zero-order chi connectivity index (χ0) is 12.3. The molecular weight excluding hydrogens is 280 g/mol. The highest BCUT2D eigenvalue weighted by Gasteiger charge is 2.05. The molecule has 0 aliphatic carbocycles. The van der Waals surface area contributed by atoms with Crippen molar-refractivity contribution in [1.29, 1.82) is 0 Å². The van der Waals surface area contributed by atoms with E-state index in [1.807, 2.05) is 19.3 Å². The molecular formula is C12H15BrN4. The molecule has 0 aliphatic heterocycles. The minimum atomic E-state index is 0.855. The first kappa shape index (κ1) is 12.3. The molecule has 2 rings (SSSR count). The highest BCUT2D eigenvalue weighted by molar-refractivity contribution is 9.10. The maximum Gasteiger partial charge on any atom is 0.156 e. The van der Waals surface area contributed by atoms with E-state index >= 15 is 0 Å². The van der Waals surface area contributed by atoms with Gasteiger partial charge in [0, 0.05) is 18.9 Å². The van der Waals surface area contributed by atoms with Gasteiger partial charge < -0.3 is 5.32 Å². The van der Waals surface area contributed by atoms with Crippen LogP contribution >= 0.6 is 15.9 Å². The summed E-state index contributed by atoms with van der Waals surface area (Å²) in [5.74, 6) is 0.871. The average molecular weight is 295 g/mol. The van der Waals surface area contributed by atoms with Crippen LogP contribution in [0.2, 0.25) is 0 Å². The Morgan fingerprint density at radius 1 is 1.41 bits per heavy atom. The molecule has 0 atom stereocenters. The molecule has 0 bridgehead atoms. The van der Waals surface area contributed by atoms with Crippen LogP contribution in [-0.2, 0) is 6.54 Å². The van der Waals surface area contributed by atoms with Gasteiger partial charge in [-0.1, -0.05) is 6.92 Å². The van der Waals surface area contributed by atoms with Gasteiger partial charge in [-0.25, -0.2) is 9.67 Å². The van der Waals surface area contributed by atoms with Crippen molar-refractivity contribution in [2.75, 3.05) is 6.54 Å². The third kappa shape index (κ3) is 2.92. The summed E-state index contributed by atoms with van der Waals surface area (Å²) in [6.07, 6.45) is 5.55. The van der Waals surface area contributed by atoms with Crippen LogP contribution in [0, 0.1) is 6.92 Å². The summed E-state index contributed by atoms with van der Waals surface area (Å²) in [5, 5.41) is 7.52. The van der Waals surface area contributed by atoms with E-state index in [2.05, 4.69) is 44.3 Å². The van der Waals surface area contributed by atoms with Gasteiger partial charge in [0.25, 0.3) is 0 Å². The highest BCUT2D eigenvalue weighted by atomic mass is 79.9. The molecule has 2 heterocycles. The Labute approximate surface area is 109 Å². The second kappa shape index (κ2) is 5.42. The Morgan fingerprint density at radius 2 is 2.24 bits per heavy atom. The molecule has 5 heteroatoms. The zero-order valence-electron chi connectivity index (χ0n) is 9.94. The van der Waals surface area contributed by atoms with Gasteiger partial charge in [0.15, 0.2) is 5.82 Å². The number of hydrogen-bond acceptors (Lipinski definition) is 3. The molecule has 0 aromatic carbocycles. The Balaban J connectivity index is 2.25. The van der Waals surface area contributed by atoms with Crippen molar-refractivity contribution in [3.05, 3.63) is 40.3 Å². The smallest absolute Gasteiger partial charge is 0.156 e. The number of nitrogens with one attached hydrogen (secondary N) is 1. The molecule has 0 spiro atoms. The van der Waals surface area contributed by atoms with Crippen molar-refractivity contribution < 1.29 is 0 Å². The second-order valence-electron chi connectivity index (χ2n) is 3.87. The Bertz CT molecular complexity index is 507. The molecule has 90 valence electrons. The van der Waals surface area contributed by atoms with Crippen molar-refractivity contribution in [3.63, 3.8) is 0 Å². The maximum absolute atomic E-state index is 4.45. The van der Waals surface area contributed by atoms with Gasteiger partial charge in [0.2, 0.25) is 0 Å². The highest BCUT2D eigenvalue weighted by Crippen LogP contribution is 2.15. The third-order valence-corrected chi connectivity index (χ3v) is 2.86. The lowest BCUT2D eigenvalue weighted by Crippen LogP contribution is -2.12. The molecule has 0 saturated heterocycles. The first-order chi connectivity index (χ1) is 8.20. The largest absolute Gasteiger partial charge is 0.313 e. The lowest BCUT2D eigenvalue weighted by atomic mass is 10.2. The zero-order valence-corrected chi connectivity index (χ0v) is 11.5. The van der Waals surface area contributed by atoms with E-state index in [1.165, 1.54) is 5.56 Å². The van der Waals surface area contributed by atoms with Crippen LogP contribution in [0.25, 0.3) is 5.82 Å². The summed E-state index contributed by atoms with van der Waals surface area (Å²) < 4.78 is 2.73. The molecule has 2 aromatic heterocycles. The minimum Gasteiger partial charge on any atom is -0.313 e. The Hall–Kier alpha value is -1.20. The molecule has 0 radical (unpaired) electrons. The quantitative estimate of drug-likeness (QED) is 0.942. The van der Waals surface area contributed by atoms with E-state index in [4.69, 9.17) is 0 Å². The fourth-order valence-corrected chi connectivity index (χ4v) is 1.93. The normalized spacial score (nSPS) is 10.8. The third-order valence-electron chi connectivity index (χ3n) is 2.45. The molecule has 0 amide bonds. The Morgan fingerprint density at radius 3 is 2.82 bits per heavy atom. The number of aryl methyl sites for hydroxylation is 1. The van der Waals surface area contributed by atoms with Crippen LogP contribution in [0.1, 0.15) is 18.1 Å². The van der Waals surface area contributed by atoms with Crippen LogP contribution in [-0.4, -0.2) is 21.3 Å². The fourth-order valence-electron chi connectivity index (χ4n) is 1.65. The van der Waals surface area contributed by atoms with Crippen molar-refractivity contribution in [1.82, 2.24) is 20.1 Å². The van der Waals surface area contributed by atoms with Gasteiger partial charge in [-0.2, -0.15) is 5.10 Å². The van der Waals surface area contributed by atoms with Gasteiger partial charge >= 0.3 is 0 Å². The van der Waals surface area contributed by atoms with E-state index in [0.29, 0.717) is 0 Å². The minimum absolute atomic E-state index is 0.855. The number of rotatable bonds is 4. The molecule has 1 N–H and O–H groups in total. The van der Waals surface area contributed by atoms with Crippen molar-refractivity contribution in [3.8, 4) is 5.82 Å². The van der Waals surface area contributed by atoms with Crippen molar-refractivity contribution in [2.45, 2.75) is 20.4 Å². The van der Waals surface area contributed by atoms with Gasteiger partial charge in [0.1, 0.15) is 0 Å². The first-order valence-corrected chi connectivity index (χ1v) is 6.36. The van der Waals surface area contributed by atoms with Crippen LogP contribution in [0.15, 0.2) is 29.1 Å². The molecule has 0 saturated carbocycles. The van der Waals surface area contributed by atoms with Crippen LogP contribution in [0.5, 0.6) is 0 Å². The average Bonchev–Trinajstić information content (AvgIpc) is 2.73. The fraction of sp³-hybridized carbons (Fsp3) is 0.333. The number of halogens is 1. The van der Waals surface area contributed by atoms with E-state index in [9.17, 15) is 0 Å². The number of pyridine rings is 1. The Kier molecular flexibility index (Phi) is 3.91. The van der Waals surface area contributed by atoms with E-state index in [1.54, 1.807) is 10.9 Å². The first-order valence-electron chi connectivity index (χ1n) is 5.57. The standard InChI is InChI=1S/C12H15BrN4/c1-3-14-5-10-4-9(2)12(15-6-10)17-8-11(13)7-16-17/h4,6-8,14H,3,5H2,1-2H3. The van der Waals surface area contributed by atoms with Crippen LogP contribution in [0.3, 0.4) is 0 Å². The van der Waals surface area contributed by atoms with Crippen LogP contribution < -0.4 is 5.32 Å². The summed E-state index contributed by atoms with van der Waals surface area (Å²) in [7, 11) is 0. The van der Waals surface area contributed by atoms with E-state index < -0.39 is 0 Å². The monoisotopic (exact) mass is 294 g/mol. The number of hydrogen-bond donors (Lipinski definition) is 1. The van der Waals surface area contributed by atoms with Crippen molar-refractivity contribution >= 4 is 15.9 Å². The predicted octanol–water partition coefficient (Wildman–Crippen LogP) is 2.45. The SMILES string of the molecule is CCNCc1cnc(-n2cc(Br)cn2)c(C)c1. The molecule has 0 aliphatic rings. The lowest BCUT2D eigenvalue weighted by Gasteiger charge is -2.07. The molecule has 2 aromatic rings. The second-order valence-corrected chi connectivity index (χ2v) is 4.78. The summed E-state index contributed by atoms with van der Waals surface area (Å²) in [4.78, 5) is 4.45. The van der Waals surface area contributed by atoms with Gasteiger partial charge in [-0.15, -0.1) is 0 Å². The van der Waals surface area contributed by atoms with Crippen LogP contribution in [0.4, 0.5) is 0 Å². The molecule has 17 heavy (non-hydrogen) atoms. The summed E-state index contributed by atoms with van der Waals surface area (Å²) >= 11 is 3.38. The summed E-state index contributed by atoms with van der Waals surface area (Å²) in [6.45, 7) is 5.96. The van der Waals surface area contributed by atoms with Crippen molar-refractivity contribution in [2.24, 2.45) is 0 Å². The lowest BCUT2D eigenvalue weighted by molar-refractivity contribution is 0.721. The molecule has 4 nitrogen and oxygen atoms in total.